The largest absolute Gasteiger partial charge is 0.497 e. The van der Waals surface area contributed by atoms with Gasteiger partial charge in [-0.3, -0.25) is 10.1 Å². The maximum atomic E-state index is 14.9. The minimum Gasteiger partial charge on any atom is -0.497 e. The Kier molecular flexibility index (Phi) is 4.90. The van der Waals surface area contributed by atoms with Crippen molar-refractivity contribution in [2.45, 2.75) is 44.2 Å². The minimum atomic E-state index is -1.26. The van der Waals surface area contributed by atoms with Crippen LogP contribution in [0.15, 0.2) is 36.4 Å². The molecule has 2 N–H and O–H groups in total. The molecule has 152 valence electrons. The predicted molar refractivity (Wildman–Crippen MR) is 106 cm³/mol. The Hall–Kier alpha value is -3.09. The van der Waals surface area contributed by atoms with E-state index in [0.717, 1.165) is 49.5 Å². The van der Waals surface area contributed by atoms with Crippen LogP contribution in [0.2, 0.25) is 0 Å². The van der Waals surface area contributed by atoms with Gasteiger partial charge >= 0.3 is 6.09 Å². The zero-order valence-electron chi connectivity index (χ0n) is 16.2. The third kappa shape index (κ3) is 3.30. The van der Waals surface area contributed by atoms with E-state index in [9.17, 15) is 14.0 Å². The van der Waals surface area contributed by atoms with Gasteiger partial charge in [-0.15, -0.1) is 0 Å². The van der Waals surface area contributed by atoms with Crippen molar-refractivity contribution >= 4 is 17.7 Å². The molecular weight excluding hydrogens is 375 g/mol. The number of methoxy groups -OCH3 is 1. The molecule has 1 aliphatic carbocycles. The second-order valence-electron chi connectivity index (χ2n) is 7.64. The van der Waals surface area contributed by atoms with Crippen LogP contribution < -0.4 is 10.1 Å². The number of halogens is 1. The van der Waals surface area contributed by atoms with Crippen LogP contribution in [0.4, 0.5) is 14.9 Å². The number of hydrogen-bond acceptors (Lipinski definition) is 3. The number of rotatable bonds is 4. The van der Waals surface area contributed by atoms with E-state index in [1.54, 1.807) is 18.1 Å². The molecular formula is C22H23FN2O4. The van der Waals surface area contributed by atoms with Crippen molar-refractivity contribution in [3.05, 3.63) is 58.9 Å². The van der Waals surface area contributed by atoms with E-state index in [1.807, 2.05) is 24.3 Å². The van der Waals surface area contributed by atoms with Crippen molar-refractivity contribution in [3.63, 3.8) is 0 Å². The molecule has 1 fully saturated rings. The highest BCUT2D eigenvalue weighted by Crippen LogP contribution is 2.50. The average molecular weight is 398 g/mol. The van der Waals surface area contributed by atoms with Gasteiger partial charge in [0, 0.05) is 12.2 Å². The number of carbonyl (C=O) groups excluding carboxylic acids is 1. The first-order valence-corrected chi connectivity index (χ1v) is 9.73. The van der Waals surface area contributed by atoms with Crippen molar-refractivity contribution in [2.24, 2.45) is 0 Å². The number of amides is 2. The van der Waals surface area contributed by atoms with Crippen LogP contribution in [-0.4, -0.2) is 29.1 Å². The van der Waals surface area contributed by atoms with E-state index in [1.165, 1.54) is 0 Å². The van der Waals surface area contributed by atoms with Crippen molar-refractivity contribution < 1.29 is 23.8 Å². The van der Waals surface area contributed by atoms with E-state index in [2.05, 4.69) is 5.32 Å². The second kappa shape index (κ2) is 7.39. The zero-order valence-corrected chi connectivity index (χ0v) is 16.2. The van der Waals surface area contributed by atoms with Gasteiger partial charge in [0.1, 0.15) is 11.6 Å². The number of carboxylic acid groups (broad SMARTS) is 1. The number of fused-ring (bicyclic) bond motifs is 2. The summed E-state index contributed by atoms with van der Waals surface area (Å²) in [5.41, 5.74) is 1.14. The van der Waals surface area contributed by atoms with Gasteiger partial charge in [-0.1, -0.05) is 31.4 Å². The van der Waals surface area contributed by atoms with Crippen LogP contribution in [-0.2, 0) is 12.1 Å². The molecule has 1 spiro atoms. The molecule has 0 radical (unpaired) electrons. The number of anilines is 1. The molecule has 0 unspecified atom stereocenters. The minimum absolute atomic E-state index is 0.0661. The van der Waals surface area contributed by atoms with Gasteiger partial charge in [-0.2, -0.15) is 0 Å². The summed E-state index contributed by atoms with van der Waals surface area (Å²) in [6, 6.07) is 10.2. The number of carbonyl (C=O) groups is 2. The average Bonchev–Trinajstić information content (AvgIpc) is 2.91. The van der Waals surface area contributed by atoms with Crippen LogP contribution >= 0.6 is 0 Å². The molecule has 0 bridgehead atoms. The fraction of sp³-hybridized carbons (Fsp3) is 0.364. The third-order valence-electron chi connectivity index (χ3n) is 6.00. The van der Waals surface area contributed by atoms with Gasteiger partial charge in [0.2, 0.25) is 0 Å². The van der Waals surface area contributed by atoms with Crippen molar-refractivity contribution in [2.75, 3.05) is 12.4 Å². The van der Waals surface area contributed by atoms with Crippen molar-refractivity contribution in [3.8, 4) is 5.75 Å². The molecule has 4 rings (SSSR count). The Morgan fingerprint density at radius 1 is 1.21 bits per heavy atom. The van der Waals surface area contributed by atoms with Crippen LogP contribution in [0.5, 0.6) is 5.75 Å². The molecule has 1 aliphatic heterocycles. The SMILES string of the molecule is COc1ccc(CN2C(=O)c3c(F)cc(NC(=O)O)cc3C23CCCCC3)cc1. The Morgan fingerprint density at radius 2 is 1.90 bits per heavy atom. The molecule has 0 atom stereocenters. The number of nitrogens with one attached hydrogen (secondary N) is 1. The molecule has 2 aromatic rings. The summed E-state index contributed by atoms with van der Waals surface area (Å²) in [6.07, 6.45) is 3.14. The van der Waals surface area contributed by atoms with Gasteiger partial charge in [-0.05, 0) is 48.2 Å². The molecule has 6 nitrogen and oxygen atoms in total. The number of ether oxygens (including phenoxy) is 1. The summed E-state index contributed by atoms with van der Waals surface area (Å²) >= 11 is 0. The number of nitrogens with zero attached hydrogens (tertiary/aromatic N) is 1. The highest BCUT2D eigenvalue weighted by molar-refractivity contribution is 6.01. The lowest BCUT2D eigenvalue weighted by molar-refractivity contribution is 0.0386. The molecule has 7 heteroatoms. The molecule has 2 amide bonds. The van der Waals surface area contributed by atoms with Gasteiger partial charge in [0.15, 0.2) is 0 Å². The highest BCUT2D eigenvalue weighted by Gasteiger charge is 2.51. The van der Waals surface area contributed by atoms with Crippen LogP contribution in [0.1, 0.15) is 53.6 Å². The van der Waals surface area contributed by atoms with Crippen molar-refractivity contribution in [1.82, 2.24) is 4.90 Å². The normalized spacial score (nSPS) is 17.3. The first-order chi connectivity index (χ1) is 13.9. The smallest absolute Gasteiger partial charge is 0.409 e. The molecule has 2 aromatic carbocycles. The molecule has 1 heterocycles. The van der Waals surface area contributed by atoms with Crippen LogP contribution in [0, 0.1) is 5.82 Å². The van der Waals surface area contributed by atoms with E-state index in [4.69, 9.17) is 9.84 Å². The number of hydrogen-bond donors (Lipinski definition) is 2. The lowest BCUT2D eigenvalue weighted by Crippen LogP contribution is -2.44. The Morgan fingerprint density at radius 3 is 2.52 bits per heavy atom. The maximum Gasteiger partial charge on any atom is 0.409 e. The summed E-state index contributed by atoms with van der Waals surface area (Å²) in [5, 5.41) is 11.3. The molecule has 2 aliphatic rings. The molecule has 0 saturated heterocycles. The van der Waals surface area contributed by atoms with E-state index >= 15 is 0 Å². The van der Waals surface area contributed by atoms with Gasteiger partial charge in [0.05, 0.1) is 18.2 Å². The summed E-state index contributed by atoms with van der Waals surface area (Å²) < 4.78 is 20.1. The summed E-state index contributed by atoms with van der Waals surface area (Å²) in [6.45, 7) is 0.360. The zero-order chi connectivity index (χ0) is 20.6. The predicted octanol–water partition coefficient (Wildman–Crippen LogP) is 4.74. The topological polar surface area (TPSA) is 78.9 Å². The monoisotopic (exact) mass is 398 g/mol. The second-order valence-corrected chi connectivity index (χ2v) is 7.64. The quantitative estimate of drug-likeness (QED) is 0.780. The molecule has 0 aromatic heterocycles. The van der Waals surface area contributed by atoms with Crippen molar-refractivity contribution in [1.29, 1.82) is 0 Å². The fourth-order valence-electron chi connectivity index (χ4n) is 4.67. The third-order valence-corrected chi connectivity index (χ3v) is 6.00. The first kappa shape index (κ1) is 19.2. The lowest BCUT2D eigenvalue weighted by atomic mass is 9.76. The van der Waals surface area contributed by atoms with Crippen LogP contribution in [0.25, 0.3) is 0 Å². The lowest BCUT2D eigenvalue weighted by Gasteiger charge is -2.42. The summed E-state index contributed by atoms with van der Waals surface area (Å²) in [7, 11) is 1.60. The van der Waals surface area contributed by atoms with E-state index < -0.39 is 17.4 Å². The molecule has 1 saturated carbocycles. The first-order valence-electron chi connectivity index (χ1n) is 9.73. The van der Waals surface area contributed by atoms with Gasteiger partial charge in [-0.25, -0.2) is 9.18 Å². The highest BCUT2D eigenvalue weighted by atomic mass is 19.1. The van der Waals surface area contributed by atoms with Crippen LogP contribution in [0.3, 0.4) is 0 Å². The Balaban J connectivity index is 1.77. The van der Waals surface area contributed by atoms with E-state index in [-0.39, 0.29) is 17.2 Å². The summed E-state index contributed by atoms with van der Waals surface area (Å²) in [4.78, 5) is 26.1. The molecule has 29 heavy (non-hydrogen) atoms. The van der Waals surface area contributed by atoms with Gasteiger partial charge < -0.3 is 14.7 Å². The maximum absolute atomic E-state index is 14.9. The Bertz CT molecular complexity index is 952. The number of benzene rings is 2. The van der Waals surface area contributed by atoms with Gasteiger partial charge in [0.25, 0.3) is 5.91 Å². The fourth-order valence-corrected chi connectivity index (χ4v) is 4.67. The standard InChI is InChI=1S/C22H23FN2O4/c1-29-16-7-5-14(6-8-16)13-25-20(26)19-17(22(25)9-3-2-4-10-22)11-15(12-18(19)23)24-21(27)28/h5-8,11-12,24H,2-4,9-10,13H2,1H3,(H,27,28). The summed E-state index contributed by atoms with van der Waals surface area (Å²) in [5.74, 6) is -0.289. The van der Waals surface area contributed by atoms with E-state index in [0.29, 0.717) is 12.1 Å². The Labute approximate surface area is 168 Å².